The van der Waals surface area contributed by atoms with Crippen molar-refractivity contribution < 1.29 is 13.2 Å². The predicted molar refractivity (Wildman–Crippen MR) is 132 cm³/mol. The fraction of sp³-hybridized carbons (Fsp3) is 0.179. The molecule has 6 heteroatoms. The minimum absolute atomic E-state index is 0.159. The third-order valence-electron chi connectivity index (χ3n) is 7.27. The highest BCUT2D eigenvalue weighted by molar-refractivity contribution is 7.90. The summed E-state index contributed by atoms with van der Waals surface area (Å²) in [6.07, 6.45) is 0.675. The summed E-state index contributed by atoms with van der Waals surface area (Å²) >= 11 is 0. The number of nitrogens with zero attached hydrogens (tertiary/aromatic N) is 2. The van der Waals surface area contributed by atoms with Crippen LogP contribution in [0.2, 0.25) is 0 Å². The van der Waals surface area contributed by atoms with Gasteiger partial charge in [0.15, 0.2) is 0 Å². The molecule has 0 aliphatic carbocycles. The number of rotatable bonds is 4. The zero-order valence-corrected chi connectivity index (χ0v) is 19.4. The molecule has 170 valence electrons. The highest BCUT2D eigenvalue weighted by Crippen LogP contribution is 2.46. The lowest BCUT2D eigenvalue weighted by atomic mass is 9.73. The Morgan fingerprint density at radius 3 is 1.97 bits per heavy atom. The molecule has 2 heterocycles. The monoisotopic (exact) mass is 468 g/mol. The van der Waals surface area contributed by atoms with Crippen LogP contribution in [0.3, 0.4) is 0 Å². The van der Waals surface area contributed by atoms with Crippen molar-refractivity contribution in [3.05, 3.63) is 114 Å². The Hall–Kier alpha value is -3.64. The number of sulfonamides is 1. The number of hydrogen-bond donors (Lipinski definition) is 0. The van der Waals surface area contributed by atoms with Crippen LogP contribution in [-0.4, -0.2) is 42.8 Å². The van der Waals surface area contributed by atoms with Crippen LogP contribution in [0.25, 0.3) is 10.8 Å². The van der Waals surface area contributed by atoms with Gasteiger partial charge < -0.3 is 4.90 Å². The maximum Gasteiger partial charge on any atom is 0.334 e. The number of fused-ring (bicyclic) bond motifs is 2. The lowest BCUT2D eigenvalue weighted by molar-refractivity contribution is 0.205. The van der Waals surface area contributed by atoms with E-state index in [1.54, 1.807) is 23.1 Å². The molecule has 0 bridgehead atoms. The first-order valence-corrected chi connectivity index (χ1v) is 12.9. The molecule has 1 atom stereocenters. The number of carbonyl (C=O) groups excluding carboxylic acids is 1. The van der Waals surface area contributed by atoms with Gasteiger partial charge in [0.05, 0.1) is 17.5 Å². The number of urea groups is 1. The van der Waals surface area contributed by atoms with Crippen molar-refractivity contribution >= 4 is 26.8 Å². The third kappa shape index (κ3) is 3.06. The molecule has 4 aromatic rings. The minimum Gasteiger partial charge on any atom is -0.318 e. The maximum atomic E-state index is 13.7. The van der Waals surface area contributed by atoms with Gasteiger partial charge in [-0.3, -0.25) is 0 Å². The largest absolute Gasteiger partial charge is 0.334 e. The lowest BCUT2D eigenvalue weighted by Crippen LogP contribution is -2.40. The maximum absolute atomic E-state index is 13.7. The molecule has 0 spiro atoms. The summed E-state index contributed by atoms with van der Waals surface area (Å²) < 4.78 is 28.4. The summed E-state index contributed by atoms with van der Waals surface area (Å²) in [5, 5.41) is 1.47. The molecule has 6 rings (SSSR count). The third-order valence-corrected chi connectivity index (χ3v) is 9.07. The molecule has 0 radical (unpaired) electrons. The summed E-state index contributed by atoms with van der Waals surface area (Å²) in [6, 6.07) is 32.4. The Morgan fingerprint density at radius 1 is 0.735 bits per heavy atom. The van der Waals surface area contributed by atoms with E-state index >= 15 is 0 Å². The Balaban J connectivity index is 1.38. The SMILES string of the molecule is O=C1N2CC(c3ccccc3)(c3ccccc3)C[C@H]2CN1S(=O)(=O)c1cccc2ccccc12. The van der Waals surface area contributed by atoms with Crippen LogP contribution in [0.1, 0.15) is 17.5 Å². The second-order valence-electron chi connectivity index (χ2n) is 9.10. The molecule has 0 unspecified atom stereocenters. The van der Waals surface area contributed by atoms with Crippen LogP contribution in [-0.2, 0) is 15.4 Å². The summed E-state index contributed by atoms with van der Waals surface area (Å²) in [6.45, 7) is 0.609. The smallest absolute Gasteiger partial charge is 0.318 e. The van der Waals surface area contributed by atoms with E-state index in [0.717, 1.165) is 20.8 Å². The fourth-order valence-electron chi connectivity index (χ4n) is 5.64. The number of benzene rings is 4. The van der Waals surface area contributed by atoms with Gasteiger partial charge in [0.25, 0.3) is 10.0 Å². The Bertz CT molecular complexity index is 1440. The van der Waals surface area contributed by atoms with Crippen LogP contribution >= 0.6 is 0 Å². The second kappa shape index (κ2) is 7.71. The van der Waals surface area contributed by atoms with Gasteiger partial charge in [-0.15, -0.1) is 0 Å². The van der Waals surface area contributed by atoms with Crippen LogP contribution < -0.4 is 0 Å². The average molecular weight is 469 g/mol. The molecular weight excluding hydrogens is 444 g/mol. The van der Waals surface area contributed by atoms with E-state index < -0.39 is 16.1 Å². The van der Waals surface area contributed by atoms with Crippen molar-refractivity contribution in [2.75, 3.05) is 13.1 Å². The molecule has 2 aliphatic rings. The van der Waals surface area contributed by atoms with Gasteiger partial charge in [-0.1, -0.05) is 97.1 Å². The fourth-order valence-corrected chi connectivity index (χ4v) is 7.27. The van der Waals surface area contributed by atoms with E-state index in [1.807, 2.05) is 60.7 Å². The molecule has 4 aromatic carbocycles. The number of hydrogen-bond acceptors (Lipinski definition) is 3. The van der Waals surface area contributed by atoms with E-state index in [0.29, 0.717) is 18.4 Å². The van der Waals surface area contributed by atoms with Crippen molar-refractivity contribution in [3.63, 3.8) is 0 Å². The summed E-state index contributed by atoms with van der Waals surface area (Å²) in [5.74, 6) is 0. The molecule has 2 saturated heterocycles. The molecule has 2 fully saturated rings. The van der Waals surface area contributed by atoms with Crippen molar-refractivity contribution in [2.24, 2.45) is 0 Å². The van der Waals surface area contributed by atoms with E-state index in [1.165, 1.54) is 0 Å². The topological polar surface area (TPSA) is 57.7 Å². The zero-order chi connectivity index (χ0) is 23.3. The summed E-state index contributed by atoms with van der Waals surface area (Å²) in [4.78, 5) is 15.5. The highest BCUT2D eigenvalue weighted by Gasteiger charge is 2.55. The average Bonchev–Trinajstić information content (AvgIpc) is 3.42. The Labute approximate surface area is 199 Å². The van der Waals surface area contributed by atoms with Crippen LogP contribution in [0.5, 0.6) is 0 Å². The molecule has 0 saturated carbocycles. The predicted octanol–water partition coefficient (Wildman–Crippen LogP) is 5.02. The summed E-state index contributed by atoms with van der Waals surface area (Å²) in [5.41, 5.74) is 1.93. The van der Waals surface area contributed by atoms with Crippen molar-refractivity contribution in [2.45, 2.75) is 22.8 Å². The van der Waals surface area contributed by atoms with Crippen molar-refractivity contribution in [1.82, 2.24) is 9.21 Å². The van der Waals surface area contributed by atoms with Crippen molar-refractivity contribution in [3.8, 4) is 0 Å². The van der Waals surface area contributed by atoms with E-state index in [-0.39, 0.29) is 22.9 Å². The van der Waals surface area contributed by atoms with Gasteiger partial charge in [0, 0.05) is 17.3 Å². The second-order valence-corrected chi connectivity index (χ2v) is 10.9. The van der Waals surface area contributed by atoms with Crippen LogP contribution in [0.4, 0.5) is 4.79 Å². The minimum atomic E-state index is -3.98. The van der Waals surface area contributed by atoms with Crippen molar-refractivity contribution in [1.29, 1.82) is 0 Å². The quantitative estimate of drug-likeness (QED) is 0.422. The molecular formula is C28H24N2O3S. The van der Waals surface area contributed by atoms with E-state index in [9.17, 15) is 13.2 Å². The molecule has 0 aromatic heterocycles. The van der Waals surface area contributed by atoms with Gasteiger partial charge in [0.2, 0.25) is 0 Å². The van der Waals surface area contributed by atoms with Gasteiger partial charge in [-0.05, 0) is 29.0 Å². The van der Waals surface area contributed by atoms with Gasteiger partial charge in [-0.2, -0.15) is 0 Å². The molecule has 2 amide bonds. The zero-order valence-electron chi connectivity index (χ0n) is 18.5. The van der Waals surface area contributed by atoms with E-state index in [4.69, 9.17) is 0 Å². The molecule has 5 nitrogen and oxygen atoms in total. The first-order valence-electron chi connectivity index (χ1n) is 11.4. The normalized spacial score (nSPS) is 19.5. The van der Waals surface area contributed by atoms with Crippen LogP contribution in [0.15, 0.2) is 108 Å². The lowest BCUT2D eigenvalue weighted by Gasteiger charge is -2.32. The molecule has 2 aliphatic heterocycles. The Kier molecular flexibility index (Phi) is 4.74. The van der Waals surface area contributed by atoms with Gasteiger partial charge >= 0.3 is 6.03 Å². The molecule has 34 heavy (non-hydrogen) atoms. The van der Waals surface area contributed by atoms with E-state index in [2.05, 4.69) is 24.3 Å². The Morgan fingerprint density at radius 2 is 1.32 bits per heavy atom. The number of amides is 2. The number of carbonyl (C=O) groups is 1. The first-order chi connectivity index (χ1) is 16.5. The van der Waals surface area contributed by atoms with Gasteiger partial charge in [-0.25, -0.2) is 17.5 Å². The standard InChI is InChI=1S/C28H24N2O3S/c31-27-29-20-28(22-12-3-1-4-13-22,23-14-5-2-6-15-23)18-24(29)19-30(27)34(32,33)26-17-9-11-21-10-7-8-16-25(21)26/h1-17,24H,18-20H2/t24-/m0/s1. The van der Waals surface area contributed by atoms with Gasteiger partial charge in [0.1, 0.15) is 0 Å². The summed E-state index contributed by atoms with van der Waals surface area (Å²) in [7, 11) is -3.98. The highest BCUT2D eigenvalue weighted by atomic mass is 32.2. The first kappa shape index (κ1) is 20.9. The van der Waals surface area contributed by atoms with Crippen LogP contribution in [0, 0.1) is 0 Å². The molecule has 0 N–H and O–H groups in total.